The fourth-order valence-corrected chi connectivity index (χ4v) is 1.53. The second-order valence-corrected chi connectivity index (χ2v) is 3.33. The molecule has 0 saturated carbocycles. The molecule has 0 atom stereocenters. The van der Waals surface area contributed by atoms with Crippen molar-refractivity contribution in [2.75, 3.05) is 0 Å². The number of rotatable bonds is 3. The number of alkyl halides is 3. The summed E-state index contributed by atoms with van der Waals surface area (Å²) in [5.41, 5.74) is -1.39. The molecule has 0 aliphatic rings. The van der Waals surface area contributed by atoms with Gasteiger partial charge in [0, 0.05) is 5.33 Å². The molecule has 0 bridgehead atoms. The summed E-state index contributed by atoms with van der Waals surface area (Å²) in [6.45, 7) is 0. The summed E-state index contributed by atoms with van der Waals surface area (Å²) in [7, 11) is 0. The normalized spacial score (nSPS) is 10.2. The van der Waals surface area contributed by atoms with E-state index in [4.69, 9.17) is 10.4 Å². The van der Waals surface area contributed by atoms with Crippen LogP contribution in [0.25, 0.3) is 0 Å². The average Bonchev–Trinajstić information content (AvgIpc) is 2.26. The van der Waals surface area contributed by atoms with Gasteiger partial charge in [-0.1, -0.05) is 15.9 Å². The van der Waals surface area contributed by atoms with Crippen molar-refractivity contribution in [2.24, 2.45) is 0 Å². The molecule has 0 aliphatic heterocycles. The molecule has 16 heavy (non-hydrogen) atoms. The highest BCUT2D eigenvalue weighted by atomic mass is 79.9. The first-order valence-electron chi connectivity index (χ1n) is 4.02. The Morgan fingerprint density at radius 1 is 1.69 bits per heavy atom. The van der Waals surface area contributed by atoms with Gasteiger partial charge in [0.05, 0.1) is 16.8 Å². The number of nitriles is 1. The first-order chi connectivity index (χ1) is 7.51. The fourth-order valence-electron chi connectivity index (χ4n) is 1.10. The van der Waals surface area contributed by atoms with Crippen molar-refractivity contribution in [1.82, 2.24) is 4.98 Å². The van der Waals surface area contributed by atoms with Crippen molar-refractivity contribution < 1.29 is 18.7 Å². The van der Waals surface area contributed by atoms with Crippen LogP contribution in [0, 0.1) is 11.3 Å². The van der Waals surface area contributed by atoms with Crippen LogP contribution in [0.2, 0.25) is 0 Å². The van der Waals surface area contributed by atoms with Crippen LogP contribution in [0.5, 0.6) is 0 Å². The van der Waals surface area contributed by atoms with E-state index < -0.39 is 23.7 Å². The Bertz CT molecular complexity index is 471. The highest BCUT2D eigenvalue weighted by Crippen LogP contribution is 2.24. The minimum absolute atomic E-state index is 0.0290. The number of hydrogen-bond acceptors (Lipinski definition) is 3. The Labute approximate surface area is 97.7 Å². The van der Waals surface area contributed by atoms with Crippen LogP contribution < -0.4 is 0 Å². The molecule has 1 aromatic rings. The number of hydrogen-bond donors (Lipinski definition) is 1. The van der Waals surface area contributed by atoms with Crippen LogP contribution in [0.15, 0.2) is 6.07 Å². The number of halogens is 3. The van der Waals surface area contributed by atoms with E-state index in [-0.39, 0.29) is 16.6 Å². The Morgan fingerprint density at radius 3 is 2.69 bits per heavy atom. The van der Waals surface area contributed by atoms with E-state index in [1.165, 1.54) is 0 Å². The van der Waals surface area contributed by atoms with Crippen molar-refractivity contribution in [3.05, 3.63) is 28.6 Å². The first-order valence-corrected chi connectivity index (χ1v) is 5.14. The molecule has 0 spiro atoms. The number of aromatic carboxylic acids is 1. The highest BCUT2D eigenvalue weighted by molar-refractivity contribution is 9.08. The maximum absolute atomic E-state index is 12.5. The lowest BCUT2D eigenvalue weighted by atomic mass is 10.1. The van der Waals surface area contributed by atoms with E-state index in [0.717, 1.165) is 6.07 Å². The van der Waals surface area contributed by atoms with E-state index in [0.29, 0.717) is 0 Å². The van der Waals surface area contributed by atoms with Gasteiger partial charge in [0.2, 0.25) is 0 Å². The number of pyridine rings is 1. The Kier molecular flexibility index (Phi) is 3.90. The van der Waals surface area contributed by atoms with E-state index >= 15 is 0 Å². The summed E-state index contributed by atoms with van der Waals surface area (Å²) in [6, 6.07) is 2.62. The minimum atomic E-state index is -2.99. The number of nitrogens with zero attached hydrogens (tertiary/aromatic N) is 2. The van der Waals surface area contributed by atoms with Crippen LogP contribution in [-0.4, -0.2) is 16.1 Å². The largest absolute Gasteiger partial charge is 0.478 e. The van der Waals surface area contributed by atoms with E-state index in [1.807, 2.05) is 0 Å². The molecular formula is C9H5BrF2N2O2. The van der Waals surface area contributed by atoms with E-state index in [9.17, 15) is 13.6 Å². The van der Waals surface area contributed by atoms with Gasteiger partial charge in [0.1, 0.15) is 11.8 Å². The van der Waals surface area contributed by atoms with E-state index in [1.54, 1.807) is 6.07 Å². The third kappa shape index (κ3) is 2.33. The molecule has 84 valence electrons. The monoisotopic (exact) mass is 290 g/mol. The zero-order valence-electron chi connectivity index (χ0n) is 7.75. The maximum Gasteiger partial charge on any atom is 0.337 e. The van der Waals surface area contributed by atoms with Crippen molar-refractivity contribution in [3.8, 4) is 6.07 Å². The number of carboxylic acid groups (broad SMARTS) is 1. The maximum atomic E-state index is 12.5. The van der Waals surface area contributed by atoms with Crippen molar-refractivity contribution >= 4 is 21.9 Å². The van der Waals surface area contributed by atoms with Gasteiger partial charge in [0.15, 0.2) is 0 Å². The molecule has 0 unspecified atom stereocenters. The van der Waals surface area contributed by atoms with E-state index in [2.05, 4.69) is 20.9 Å². The predicted molar refractivity (Wildman–Crippen MR) is 53.5 cm³/mol. The summed E-state index contributed by atoms with van der Waals surface area (Å²) < 4.78 is 25.0. The van der Waals surface area contributed by atoms with Gasteiger partial charge in [-0.2, -0.15) is 5.26 Å². The minimum Gasteiger partial charge on any atom is -0.478 e. The standard InChI is InChI=1S/C9H5BrF2N2O2/c10-2-6-4(3-13)1-5(9(15)16)7(14-6)8(11)12/h1,8H,2H2,(H,15,16). The van der Waals surface area contributed by atoms with Gasteiger partial charge in [-0.3, -0.25) is 0 Å². The average molecular weight is 291 g/mol. The Balaban J connectivity index is 3.49. The van der Waals surface area contributed by atoms with Crippen molar-refractivity contribution in [2.45, 2.75) is 11.8 Å². The second-order valence-electron chi connectivity index (χ2n) is 2.77. The molecular weight excluding hydrogens is 286 g/mol. The van der Waals surface area contributed by atoms with Crippen LogP contribution in [0.1, 0.15) is 33.7 Å². The summed E-state index contributed by atoms with van der Waals surface area (Å²) in [5, 5.41) is 17.5. The number of carbonyl (C=O) groups is 1. The second kappa shape index (κ2) is 4.99. The third-order valence-electron chi connectivity index (χ3n) is 1.82. The summed E-state index contributed by atoms with van der Waals surface area (Å²) in [4.78, 5) is 14.2. The molecule has 0 amide bonds. The molecule has 1 heterocycles. The molecule has 7 heteroatoms. The lowest BCUT2D eigenvalue weighted by Crippen LogP contribution is -2.09. The third-order valence-corrected chi connectivity index (χ3v) is 2.35. The quantitative estimate of drug-likeness (QED) is 0.868. The number of aromatic nitrogens is 1. The molecule has 0 saturated heterocycles. The smallest absolute Gasteiger partial charge is 0.337 e. The van der Waals surface area contributed by atoms with Gasteiger partial charge >= 0.3 is 5.97 Å². The Morgan fingerprint density at radius 2 is 2.31 bits per heavy atom. The fraction of sp³-hybridized carbons (Fsp3) is 0.222. The lowest BCUT2D eigenvalue weighted by molar-refractivity contribution is 0.0682. The van der Waals surface area contributed by atoms with Gasteiger partial charge in [-0.25, -0.2) is 18.6 Å². The van der Waals surface area contributed by atoms with Gasteiger partial charge in [-0.15, -0.1) is 0 Å². The molecule has 1 rings (SSSR count). The number of carboxylic acids is 1. The highest BCUT2D eigenvalue weighted by Gasteiger charge is 2.22. The summed E-state index contributed by atoms with van der Waals surface area (Å²) >= 11 is 2.99. The Hall–Kier alpha value is -1.55. The van der Waals surface area contributed by atoms with Crippen LogP contribution in [-0.2, 0) is 5.33 Å². The van der Waals surface area contributed by atoms with Crippen molar-refractivity contribution in [3.63, 3.8) is 0 Å². The molecule has 4 nitrogen and oxygen atoms in total. The molecule has 1 N–H and O–H groups in total. The SMILES string of the molecule is N#Cc1cc(C(=O)O)c(C(F)F)nc1CBr. The lowest BCUT2D eigenvalue weighted by Gasteiger charge is -2.07. The van der Waals surface area contributed by atoms with Crippen LogP contribution >= 0.6 is 15.9 Å². The molecule has 0 aromatic carbocycles. The van der Waals surface area contributed by atoms with Crippen LogP contribution in [0.3, 0.4) is 0 Å². The zero-order chi connectivity index (χ0) is 12.3. The summed E-state index contributed by atoms with van der Waals surface area (Å²) in [5.74, 6) is -1.53. The molecule has 1 aromatic heterocycles. The molecule has 0 radical (unpaired) electrons. The topological polar surface area (TPSA) is 74.0 Å². The van der Waals surface area contributed by atoms with Gasteiger partial charge < -0.3 is 5.11 Å². The summed E-state index contributed by atoms with van der Waals surface area (Å²) in [6.07, 6.45) is -2.99. The van der Waals surface area contributed by atoms with Gasteiger partial charge in [0.25, 0.3) is 6.43 Å². The van der Waals surface area contributed by atoms with Crippen molar-refractivity contribution in [1.29, 1.82) is 5.26 Å². The zero-order valence-corrected chi connectivity index (χ0v) is 9.33. The first kappa shape index (κ1) is 12.5. The van der Waals surface area contributed by atoms with Crippen LogP contribution in [0.4, 0.5) is 8.78 Å². The molecule has 0 aliphatic carbocycles. The predicted octanol–water partition coefficient (Wildman–Crippen LogP) is 2.48. The van der Waals surface area contributed by atoms with Gasteiger partial charge in [-0.05, 0) is 6.07 Å². The molecule has 0 fully saturated rings.